The highest BCUT2D eigenvalue weighted by Crippen LogP contribution is 2.23. The molecular weight excluding hydrogens is 354 g/mol. The first-order valence-corrected chi connectivity index (χ1v) is 7.50. The molecule has 2 saturated heterocycles. The van der Waals surface area contributed by atoms with Crippen molar-refractivity contribution in [2.24, 2.45) is 0 Å². The number of amides is 4. The zero-order chi connectivity index (χ0) is 15.7. The third-order valence-electron chi connectivity index (χ3n) is 3.53. The predicted molar refractivity (Wildman–Crippen MR) is 79.9 cm³/mol. The second kappa shape index (κ2) is 6.03. The van der Waals surface area contributed by atoms with Crippen molar-refractivity contribution >= 4 is 33.8 Å². The average molecular weight is 368 g/mol. The van der Waals surface area contributed by atoms with Gasteiger partial charge in [0.1, 0.15) is 12.6 Å². The number of hydrazine groups is 2. The molecule has 4 N–H and O–H groups in total. The molecule has 0 aromatic heterocycles. The molecule has 8 nitrogen and oxygen atoms in total. The first kappa shape index (κ1) is 14.9. The molecule has 1 aromatic rings. The lowest BCUT2D eigenvalue weighted by Gasteiger charge is -2.17. The fraction of sp³-hybridized carbons (Fsp3) is 0.308. The SMILES string of the molecule is O=C1CN(NC(=O)C2CC(c3ccc(Br)cc3)NN2)C(=O)N1. The number of carbonyl (C=O) groups is 3. The highest BCUT2D eigenvalue weighted by Gasteiger charge is 2.34. The van der Waals surface area contributed by atoms with E-state index in [4.69, 9.17) is 0 Å². The minimum atomic E-state index is -0.617. The van der Waals surface area contributed by atoms with Crippen LogP contribution in [-0.4, -0.2) is 35.4 Å². The van der Waals surface area contributed by atoms with Gasteiger partial charge < -0.3 is 0 Å². The Labute approximate surface area is 134 Å². The van der Waals surface area contributed by atoms with Gasteiger partial charge in [-0.15, -0.1) is 0 Å². The molecule has 22 heavy (non-hydrogen) atoms. The highest BCUT2D eigenvalue weighted by atomic mass is 79.9. The quantitative estimate of drug-likeness (QED) is 0.560. The van der Waals surface area contributed by atoms with Crippen molar-refractivity contribution in [3.8, 4) is 0 Å². The van der Waals surface area contributed by atoms with E-state index in [2.05, 4.69) is 37.5 Å². The van der Waals surface area contributed by atoms with E-state index in [0.29, 0.717) is 6.42 Å². The van der Waals surface area contributed by atoms with Crippen molar-refractivity contribution in [3.63, 3.8) is 0 Å². The summed E-state index contributed by atoms with van der Waals surface area (Å²) in [6.07, 6.45) is 0.539. The van der Waals surface area contributed by atoms with E-state index < -0.39 is 18.0 Å². The van der Waals surface area contributed by atoms with Gasteiger partial charge in [0, 0.05) is 10.5 Å². The van der Waals surface area contributed by atoms with Crippen LogP contribution in [0, 0.1) is 0 Å². The molecule has 1 aromatic carbocycles. The maximum absolute atomic E-state index is 12.1. The van der Waals surface area contributed by atoms with E-state index in [1.165, 1.54) is 0 Å². The van der Waals surface area contributed by atoms with Gasteiger partial charge >= 0.3 is 6.03 Å². The van der Waals surface area contributed by atoms with Crippen LogP contribution in [0.5, 0.6) is 0 Å². The molecule has 0 radical (unpaired) electrons. The van der Waals surface area contributed by atoms with Gasteiger partial charge in [0.25, 0.3) is 5.91 Å². The number of hydrogen-bond donors (Lipinski definition) is 4. The number of nitrogens with one attached hydrogen (secondary N) is 4. The van der Waals surface area contributed by atoms with Crippen LogP contribution in [0.4, 0.5) is 4.79 Å². The molecule has 2 fully saturated rings. The summed E-state index contributed by atoms with van der Waals surface area (Å²) in [5.41, 5.74) is 9.45. The van der Waals surface area contributed by atoms with Gasteiger partial charge in [0.15, 0.2) is 0 Å². The predicted octanol–water partition coefficient (Wildman–Crippen LogP) is -0.0603. The van der Waals surface area contributed by atoms with Gasteiger partial charge in [-0.25, -0.2) is 20.7 Å². The van der Waals surface area contributed by atoms with Gasteiger partial charge in [-0.1, -0.05) is 28.1 Å². The van der Waals surface area contributed by atoms with Gasteiger partial charge in [-0.3, -0.25) is 20.3 Å². The van der Waals surface area contributed by atoms with Crippen LogP contribution in [0.1, 0.15) is 18.0 Å². The molecule has 0 spiro atoms. The zero-order valence-corrected chi connectivity index (χ0v) is 13.0. The summed E-state index contributed by atoms with van der Waals surface area (Å²) in [6, 6.07) is 6.70. The van der Waals surface area contributed by atoms with Crippen LogP contribution in [-0.2, 0) is 9.59 Å². The Morgan fingerprint density at radius 2 is 1.95 bits per heavy atom. The standard InChI is InChI=1S/C13H14BrN5O3/c14-8-3-1-7(2-4-8)9-5-10(17-16-9)12(21)18-19-6-11(20)15-13(19)22/h1-4,9-10,16-17H,5-6H2,(H,18,21)(H,15,20,22). The Kier molecular flexibility index (Phi) is 4.10. The van der Waals surface area contributed by atoms with Crippen molar-refractivity contribution in [3.05, 3.63) is 34.3 Å². The van der Waals surface area contributed by atoms with Crippen LogP contribution in [0.25, 0.3) is 0 Å². The summed E-state index contributed by atoms with van der Waals surface area (Å²) in [5.74, 6) is -0.799. The summed E-state index contributed by atoms with van der Waals surface area (Å²) in [7, 11) is 0. The van der Waals surface area contributed by atoms with Gasteiger partial charge in [0.2, 0.25) is 5.91 Å². The number of hydrogen-bond acceptors (Lipinski definition) is 5. The smallest absolute Gasteiger partial charge is 0.275 e. The summed E-state index contributed by atoms with van der Waals surface area (Å²) >= 11 is 3.38. The lowest BCUT2D eigenvalue weighted by Crippen LogP contribution is -2.51. The minimum absolute atomic E-state index is 0.00196. The van der Waals surface area contributed by atoms with Gasteiger partial charge in [-0.05, 0) is 24.1 Å². The fourth-order valence-electron chi connectivity index (χ4n) is 2.38. The monoisotopic (exact) mass is 367 g/mol. The fourth-order valence-corrected chi connectivity index (χ4v) is 2.65. The maximum atomic E-state index is 12.1. The molecule has 9 heteroatoms. The van der Waals surface area contributed by atoms with Crippen LogP contribution >= 0.6 is 15.9 Å². The average Bonchev–Trinajstić information content (AvgIpc) is 3.07. The van der Waals surface area contributed by atoms with Crippen LogP contribution < -0.4 is 21.6 Å². The number of imide groups is 1. The van der Waals surface area contributed by atoms with Crippen molar-refractivity contribution in [1.29, 1.82) is 0 Å². The normalized spacial score (nSPS) is 24.5. The highest BCUT2D eigenvalue weighted by molar-refractivity contribution is 9.10. The first-order chi connectivity index (χ1) is 10.5. The van der Waals surface area contributed by atoms with E-state index in [0.717, 1.165) is 15.0 Å². The maximum Gasteiger partial charge on any atom is 0.343 e. The van der Waals surface area contributed by atoms with E-state index in [1.807, 2.05) is 24.3 Å². The van der Waals surface area contributed by atoms with Crippen molar-refractivity contribution in [2.75, 3.05) is 6.54 Å². The zero-order valence-electron chi connectivity index (χ0n) is 11.4. The molecule has 4 amide bonds. The largest absolute Gasteiger partial charge is 0.343 e. The molecule has 3 rings (SSSR count). The first-order valence-electron chi connectivity index (χ1n) is 6.71. The van der Waals surface area contributed by atoms with E-state index in [9.17, 15) is 14.4 Å². The molecule has 0 bridgehead atoms. The number of carbonyl (C=O) groups excluding carboxylic acids is 3. The van der Waals surface area contributed by atoms with Crippen LogP contribution in [0.3, 0.4) is 0 Å². The van der Waals surface area contributed by atoms with Gasteiger partial charge in [0.05, 0.1) is 0 Å². The van der Waals surface area contributed by atoms with Crippen molar-refractivity contribution in [1.82, 2.24) is 26.6 Å². The summed E-state index contributed by atoms with van der Waals surface area (Å²) in [5, 5.41) is 3.07. The Morgan fingerprint density at radius 1 is 1.23 bits per heavy atom. The molecule has 2 atom stereocenters. The number of urea groups is 1. The minimum Gasteiger partial charge on any atom is -0.275 e. The van der Waals surface area contributed by atoms with Crippen LogP contribution in [0.2, 0.25) is 0 Å². The van der Waals surface area contributed by atoms with Gasteiger partial charge in [-0.2, -0.15) is 0 Å². The topological polar surface area (TPSA) is 103 Å². The lowest BCUT2D eigenvalue weighted by molar-refractivity contribution is -0.126. The molecule has 0 saturated carbocycles. The van der Waals surface area contributed by atoms with E-state index >= 15 is 0 Å². The molecule has 0 aliphatic carbocycles. The van der Waals surface area contributed by atoms with Crippen molar-refractivity contribution < 1.29 is 14.4 Å². The number of rotatable bonds is 3. The summed E-state index contributed by atoms with van der Waals surface area (Å²) < 4.78 is 0.987. The Hall–Kier alpha value is -1.97. The summed E-state index contributed by atoms with van der Waals surface area (Å²) in [4.78, 5) is 34.6. The number of halogens is 1. The Balaban J connectivity index is 1.58. The molecule has 2 heterocycles. The van der Waals surface area contributed by atoms with E-state index in [-0.39, 0.29) is 18.5 Å². The molecular formula is C13H14BrN5O3. The van der Waals surface area contributed by atoms with Crippen LogP contribution in [0.15, 0.2) is 28.7 Å². The molecule has 116 valence electrons. The number of nitrogens with zero attached hydrogens (tertiary/aromatic N) is 1. The molecule has 2 aliphatic heterocycles. The molecule has 2 aliphatic rings. The van der Waals surface area contributed by atoms with Crippen molar-refractivity contribution in [2.45, 2.75) is 18.5 Å². The lowest BCUT2D eigenvalue weighted by atomic mass is 10.0. The Morgan fingerprint density at radius 3 is 2.59 bits per heavy atom. The van der Waals surface area contributed by atoms with E-state index in [1.54, 1.807) is 0 Å². The third-order valence-corrected chi connectivity index (χ3v) is 4.06. The number of benzene rings is 1. The Bertz CT molecular complexity index is 621. The summed E-state index contributed by atoms with van der Waals surface area (Å²) in [6.45, 7) is -0.166. The molecule has 2 unspecified atom stereocenters. The third kappa shape index (κ3) is 3.11. The second-order valence-corrected chi connectivity index (χ2v) is 6.01. The second-order valence-electron chi connectivity index (χ2n) is 5.10.